The van der Waals surface area contributed by atoms with Gasteiger partial charge in [-0.2, -0.15) is 0 Å². The highest BCUT2D eigenvalue weighted by Crippen LogP contribution is 2.39. The van der Waals surface area contributed by atoms with Crippen LogP contribution in [0, 0.1) is 5.41 Å². The number of carbonyl (C=O) groups excluding carboxylic acids is 1. The summed E-state index contributed by atoms with van der Waals surface area (Å²) in [5, 5.41) is 0. The number of likely N-dealkylation sites (tertiary alicyclic amines) is 1. The molecule has 2 N–H and O–H groups in total. The van der Waals surface area contributed by atoms with Crippen molar-refractivity contribution in [2.75, 3.05) is 19.6 Å². The molecule has 1 aromatic carbocycles. The molecule has 3 nitrogen and oxygen atoms in total. The Morgan fingerprint density at radius 2 is 1.90 bits per heavy atom. The lowest BCUT2D eigenvalue weighted by Crippen LogP contribution is -2.48. The van der Waals surface area contributed by atoms with E-state index in [1.54, 1.807) is 0 Å². The Morgan fingerprint density at radius 3 is 2.57 bits per heavy atom. The molecular formula is C18H26N2O. The van der Waals surface area contributed by atoms with Crippen molar-refractivity contribution in [3.05, 3.63) is 35.9 Å². The van der Waals surface area contributed by atoms with Gasteiger partial charge >= 0.3 is 0 Å². The number of nitrogens with two attached hydrogens (primary N) is 1. The van der Waals surface area contributed by atoms with Crippen molar-refractivity contribution in [2.24, 2.45) is 11.1 Å². The van der Waals surface area contributed by atoms with Gasteiger partial charge in [-0.1, -0.05) is 49.6 Å². The molecular weight excluding hydrogens is 260 g/mol. The molecule has 21 heavy (non-hydrogen) atoms. The van der Waals surface area contributed by atoms with E-state index in [1.165, 1.54) is 12.0 Å². The third-order valence-corrected chi connectivity index (χ3v) is 5.40. The van der Waals surface area contributed by atoms with Crippen molar-refractivity contribution in [2.45, 2.75) is 44.4 Å². The third-order valence-electron chi connectivity index (χ3n) is 5.40. The van der Waals surface area contributed by atoms with Crippen molar-refractivity contribution in [1.82, 2.24) is 4.90 Å². The van der Waals surface area contributed by atoms with Crippen LogP contribution >= 0.6 is 0 Å². The minimum absolute atomic E-state index is 0.260. The molecule has 1 heterocycles. The van der Waals surface area contributed by atoms with E-state index in [2.05, 4.69) is 29.2 Å². The van der Waals surface area contributed by atoms with Gasteiger partial charge in [0.2, 0.25) is 5.91 Å². The first-order valence-corrected chi connectivity index (χ1v) is 8.29. The van der Waals surface area contributed by atoms with Crippen molar-refractivity contribution >= 4 is 5.91 Å². The molecule has 1 aromatic rings. The maximum Gasteiger partial charge on any atom is 0.230 e. The van der Waals surface area contributed by atoms with E-state index in [9.17, 15) is 4.79 Å². The summed E-state index contributed by atoms with van der Waals surface area (Å²) in [7, 11) is 0. The maximum absolute atomic E-state index is 13.0. The lowest BCUT2D eigenvalue weighted by Gasteiger charge is -2.37. The van der Waals surface area contributed by atoms with Crippen LogP contribution in [0.5, 0.6) is 0 Å². The van der Waals surface area contributed by atoms with Crippen molar-refractivity contribution in [3.63, 3.8) is 0 Å². The van der Waals surface area contributed by atoms with Gasteiger partial charge in [-0.05, 0) is 24.8 Å². The zero-order valence-electron chi connectivity index (χ0n) is 12.8. The average molecular weight is 286 g/mol. The number of hydrogen-bond donors (Lipinski definition) is 1. The minimum Gasteiger partial charge on any atom is -0.342 e. The van der Waals surface area contributed by atoms with E-state index in [-0.39, 0.29) is 5.41 Å². The molecule has 1 saturated heterocycles. The number of amides is 1. The fraction of sp³-hybridized carbons (Fsp3) is 0.611. The second kappa shape index (κ2) is 6.18. The normalized spacial score (nSPS) is 25.0. The Morgan fingerprint density at radius 1 is 1.19 bits per heavy atom. The van der Waals surface area contributed by atoms with E-state index < -0.39 is 0 Å². The summed E-state index contributed by atoms with van der Waals surface area (Å²) in [4.78, 5) is 15.1. The quantitative estimate of drug-likeness (QED) is 0.928. The monoisotopic (exact) mass is 286 g/mol. The van der Waals surface area contributed by atoms with Crippen molar-refractivity contribution in [3.8, 4) is 0 Å². The number of rotatable bonds is 3. The van der Waals surface area contributed by atoms with Gasteiger partial charge in [0, 0.05) is 25.6 Å². The summed E-state index contributed by atoms with van der Waals surface area (Å²) in [6, 6.07) is 10.6. The van der Waals surface area contributed by atoms with Gasteiger partial charge in [-0.25, -0.2) is 0 Å². The smallest absolute Gasteiger partial charge is 0.230 e. The van der Waals surface area contributed by atoms with Crippen molar-refractivity contribution in [1.29, 1.82) is 0 Å². The summed E-state index contributed by atoms with van der Waals surface area (Å²) in [6.45, 7) is 2.27. The summed E-state index contributed by atoms with van der Waals surface area (Å²) in [5.74, 6) is 0.816. The van der Waals surface area contributed by atoms with Gasteiger partial charge in [0.1, 0.15) is 0 Å². The van der Waals surface area contributed by atoms with Gasteiger partial charge in [0.05, 0.1) is 5.41 Å². The molecule has 2 fully saturated rings. The topological polar surface area (TPSA) is 46.3 Å². The average Bonchev–Trinajstić information content (AvgIpc) is 3.05. The van der Waals surface area contributed by atoms with Crippen LogP contribution in [0.25, 0.3) is 0 Å². The zero-order chi connectivity index (χ0) is 14.7. The molecule has 3 rings (SSSR count). The van der Waals surface area contributed by atoms with E-state index in [0.717, 1.165) is 45.2 Å². The van der Waals surface area contributed by atoms with E-state index >= 15 is 0 Å². The molecule has 1 saturated carbocycles. The standard InChI is InChI=1S/C18H26N2O/c19-14-18(10-5-2-6-11-18)17(21)20-12-9-16(13-20)15-7-3-1-4-8-15/h1,3-4,7-8,16H,2,5-6,9-14,19H2. The fourth-order valence-corrected chi connectivity index (χ4v) is 4.01. The number of hydrogen-bond acceptors (Lipinski definition) is 2. The van der Waals surface area contributed by atoms with Gasteiger partial charge in [0.15, 0.2) is 0 Å². The highest BCUT2D eigenvalue weighted by Gasteiger charge is 2.42. The lowest BCUT2D eigenvalue weighted by atomic mass is 9.73. The Bertz CT molecular complexity index is 479. The highest BCUT2D eigenvalue weighted by molar-refractivity contribution is 5.83. The van der Waals surface area contributed by atoms with E-state index in [1.807, 2.05) is 6.07 Å². The first-order valence-electron chi connectivity index (χ1n) is 8.29. The second-order valence-electron chi connectivity index (χ2n) is 6.69. The lowest BCUT2D eigenvalue weighted by molar-refractivity contribution is -0.142. The summed E-state index contributed by atoms with van der Waals surface area (Å²) in [5.41, 5.74) is 7.10. The van der Waals surface area contributed by atoms with Gasteiger partial charge in [0.25, 0.3) is 0 Å². The molecule has 0 aromatic heterocycles. The van der Waals surface area contributed by atoms with Crippen LogP contribution < -0.4 is 5.73 Å². The fourth-order valence-electron chi connectivity index (χ4n) is 4.01. The van der Waals surface area contributed by atoms with Crippen LogP contribution in [0.15, 0.2) is 30.3 Å². The van der Waals surface area contributed by atoms with Crippen LogP contribution in [-0.4, -0.2) is 30.4 Å². The minimum atomic E-state index is -0.260. The highest BCUT2D eigenvalue weighted by atomic mass is 16.2. The zero-order valence-corrected chi connectivity index (χ0v) is 12.8. The predicted molar refractivity (Wildman–Crippen MR) is 85.0 cm³/mol. The molecule has 1 atom stereocenters. The molecule has 1 aliphatic carbocycles. The molecule has 114 valence electrons. The largest absolute Gasteiger partial charge is 0.342 e. The molecule has 1 unspecified atom stereocenters. The molecule has 0 spiro atoms. The molecule has 1 amide bonds. The Labute approximate surface area is 127 Å². The SMILES string of the molecule is NCC1(C(=O)N2CCC(c3ccccc3)C2)CCCCC1. The summed E-state index contributed by atoms with van der Waals surface area (Å²) < 4.78 is 0. The predicted octanol–water partition coefficient (Wildman–Crippen LogP) is 2.91. The number of carbonyl (C=O) groups is 1. The number of benzene rings is 1. The van der Waals surface area contributed by atoms with E-state index in [4.69, 9.17) is 5.73 Å². The van der Waals surface area contributed by atoms with Crippen molar-refractivity contribution < 1.29 is 4.79 Å². The Balaban J connectivity index is 1.69. The van der Waals surface area contributed by atoms with Crippen LogP contribution in [0.4, 0.5) is 0 Å². The van der Waals surface area contributed by atoms with Gasteiger partial charge in [-0.15, -0.1) is 0 Å². The second-order valence-corrected chi connectivity index (χ2v) is 6.69. The first-order chi connectivity index (χ1) is 10.2. The van der Waals surface area contributed by atoms with Crippen LogP contribution in [0.2, 0.25) is 0 Å². The molecule has 3 heteroatoms. The van der Waals surface area contributed by atoms with Crippen LogP contribution in [0.1, 0.15) is 50.0 Å². The Hall–Kier alpha value is -1.35. The molecule has 0 radical (unpaired) electrons. The van der Waals surface area contributed by atoms with Crippen LogP contribution in [0.3, 0.4) is 0 Å². The summed E-state index contributed by atoms with van der Waals surface area (Å²) >= 11 is 0. The van der Waals surface area contributed by atoms with E-state index in [0.29, 0.717) is 18.4 Å². The number of nitrogens with zero attached hydrogens (tertiary/aromatic N) is 1. The Kier molecular flexibility index (Phi) is 4.29. The van der Waals surface area contributed by atoms with Gasteiger partial charge < -0.3 is 10.6 Å². The molecule has 0 bridgehead atoms. The van der Waals surface area contributed by atoms with Crippen LogP contribution in [-0.2, 0) is 4.79 Å². The maximum atomic E-state index is 13.0. The first kappa shape index (κ1) is 14.6. The molecule has 1 aliphatic heterocycles. The van der Waals surface area contributed by atoms with Gasteiger partial charge in [-0.3, -0.25) is 4.79 Å². The molecule has 2 aliphatic rings. The summed E-state index contributed by atoms with van der Waals surface area (Å²) in [6.07, 6.45) is 6.60. The third kappa shape index (κ3) is 2.84.